The fraction of sp³-hybridized carbons (Fsp3) is 0.174. The van der Waals surface area contributed by atoms with Crippen LogP contribution in [0.15, 0.2) is 77.3 Å². The van der Waals surface area contributed by atoms with Gasteiger partial charge in [-0.25, -0.2) is 9.37 Å². The third-order valence-electron chi connectivity index (χ3n) is 5.20. The number of hydrogen-bond donors (Lipinski definition) is 1. The summed E-state index contributed by atoms with van der Waals surface area (Å²) < 4.78 is 16.7. The summed E-state index contributed by atoms with van der Waals surface area (Å²) in [6, 6.07) is 11.6. The van der Waals surface area contributed by atoms with Gasteiger partial charge >= 0.3 is 0 Å². The summed E-state index contributed by atoms with van der Waals surface area (Å²) >= 11 is 3.34. The van der Waals surface area contributed by atoms with Crippen LogP contribution in [-0.4, -0.2) is 37.8 Å². The lowest BCUT2D eigenvalue weighted by Crippen LogP contribution is -2.31. The van der Waals surface area contributed by atoms with Gasteiger partial charge in [0.25, 0.3) is 11.7 Å². The molecule has 0 radical (unpaired) electrons. The summed E-state index contributed by atoms with van der Waals surface area (Å²) in [5.41, 5.74) is 0.794. The first-order chi connectivity index (χ1) is 15.0. The number of carbonyl (C=O) groups excluding carboxylic acids is 2. The minimum atomic E-state index is -0.873. The van der Waals surface area contributed by atoms with Crippen LogP contribution in [0.5, 0.6) is 0 Å². The maximum Gasteiger partial charge on any atom is 0.295 e. The number of ketones is 1. The number of aromatic nitrogens is 2. The van der Waals surface area contributed by atoms with Crippen molar-refractivity contribution in [3.63, 3.8) is 0 Å². The minimum Gasteiger partial charge on any atom is -0.507 e. The lowest BCUT2D eigenvalue weighted by atomic mass is 9.95. The van der Waals surface area contributed by atoms with Crippen molar-refractivity contribution in [2.24, 2.45) is 0 Å². The van der Waals surface area contributed by atoms with Crippen molar-refractivity contribution in [1.82, 2.24) is 14.5 Å². The molecule has 8 heteroatoms. The minimum absolute atomic E-state index is 0.0412. The van der Waals surface area contributed by atoms with Crippen LogP contribution < -0.4 is 0 Å². The Labute approximate surface area is 186 Å². The van der Waals surface area contributed by atoms with Gasteiger partial charge in [0.15, 0.2) is 0 Å². The van der Waals surface area contributed by atoms with E-state index in [9.17, 15) is 19.1 Å². The Morgan fingerprint density at radius 2 is 1.90 bits per heavy atom. The van der Waals surface area contributed by atoms with Crippen molar-refractivity contribution in [2.45, 2.75) is 19.0 Å². The lowest BCUT2D eigenvalue weighted by Gasteiger charge is -2.25. The van der Waals surface area contributed by atoms with Crippen LogP contribution in [0.25, 0.3) is 5.76 Å². The van der Waals surface area contributed by atoms with E-state index >= 15 is 0 Å². The van der Waals surface area contributed by atoms with Gasteiger partial charge in [-0.1, -0.05) is 40.2 Å². The molecular weight excluding hydrogens is 465 g/mol. The van der Waals surface area contributed by atoms with Crippen LogP contribution in [-0.2, 0) is 16.1 Å². The summed E-state index contributed by atoms with van der Waals surface area (Å²) in [6.07, 6.45) is 5.71. The van der Waals surface area contributed by atoms with Crippen LogP contribution in [0, 0.1) is 5.82 Å². The molecule has 1 aliphatic rings. The number of nitrogens with zero attached hydrogens (tertiary/aromatic N) is 3. The van der Waals surface area contributed by atoms with Crippen LogP contribution in [0.2, 0.25) is 0 Å². The van der Waals surface area contributed by atoms with Crippen LogP contribution in [0.1, 0.15) is 23.6 Å². The van der Waals surface area contributed by atoms with E-state index in [1.165, 1.54) is 23.1 Å². The molecule has 0 bridgehead atoms. The fourth-order valence-electron chi connectivity index (χ4n) is 3.74. The van der Waals surface area contributed by atoms with Crippen molar-refractivity contribution >= 4 is 33.4 Å². The Morgan fingerprint density at radius 1 is 1.13 bits per heavy atom. The zero-order chi connectivity index (χ0) is 22.0. The molecule has 1 aliphatic heterocycles. The molecule has 158 valence electrons. The van der Waals surface area contributed by atoms with E-state index in [1.807, 2.05) is 10.8 Å². The summed E-state index contributed by atoms with van der Waals surface area (Å²) in [4.78, 5) is 31.2. The van der Waals surface area contributed by atoms with Gasteiger partial charge in [0.05, 0.1) is 17.9 Å². The quantitative estimate of drug-likeness (QED) is 0.322. The first-order valence-electron chi connectivity index (χ1n) is 9.71. The average molecular weight is 484 g/mol. The number of aliphatic hydroxyl groups excluding tert-OH is 1. The van der Waals surface area contributed by atoms with Gasteiger partial charge in [-0.3, -0.25) is 9.59 Å². The second-order valence-electron chi connectivity index (χ2n) is 7.21. The largest absolute Gasteiger partial charge is 0.507 e. The number of aliphatic hydroxyl groups is 1. The molecule has 1 N–H and O–H groups in total. The molecule has 0 saturated carbocycles. The number of hydrogen-bond acceptors (Lipinski definition) is 4. The van der Waals surface area contributed by atoms with Crippen molar-refractivity contribution in [1.29, 1.82) is 0 Å². The first-order valence-corrected chi connectivity index (χ1v) is 10.5. The van der Waals surface area contributed by atoms with Gasteiger partial charge in [0.2, 0.25) is 0 Å². The molecule has 0 aliphatic carbocycles. The van der Waals surface area contributed by atoms with E-state index in [-0.39, 0.29) is 17.9 Å². The highest BCUT2D eigenvalue weighted by atomic mass is 79.9. The number of rotatable bonds is 6. The standard InChI is InChI=1S/C23H19BrFN3O3/c24-17-7-5-15(6-8-17)21(29)19-20(16-3-1-4-18(25)13-16)28(23(31)22(19)30)11-2-10-27-12-9-26-14-27/h1,3-9,12-14,20,29H,2,10-11H2/t20-/m0/s1. The topological polar surface area (TPSA) is 75.4 Å². The number of halogens is 2. The molecule has 0 spiro atoms. The lowest BCUT2D eigenvalue weighted by molar-refractivity contribution is -0.139. The molecule has 1 atom stereocenters. The van der Waals surface area contributed by atoms with Crippen LogP contribution in [0.4, 0.5) is 4.39 Å². The molecule has 3 aromatic rings. The van der Waals surface area contributed by atoms with Crippen molar-refractivity contribution in [2.75, 3.05) is 6.54 Å². The molecule has 1 aromatic heterocycles. The SMILES string of the molecule is O=C1C(=O)N(CCCn2ccnc2)[C@@H](c2cccc(F)c2)C1=C(O)c1ccc(Br)cc1. The summed E-state index contributed by atoms with van der Waals surface area (Å²) in [5.74, 6) is -2.25. The number of likely N-dealkylation sites (tertiary alicyclic amines) is 1. The molecular formula is C23H19BrFN3O3. The Hall–Kier alpha value is -3.26. The normalized spacial score (nSPS) is 18.0. The van der Waals surface area contributed by atoms with Gasteiger partial charge in [-0.15, -0.1) is 0 Å². The van der Waals surface area contributed by atoms with E-state index in [1.54, 1.807) is 42.9 Å². The fourth-order valence-corrected chi connectivity index (χ4v) is 4.00. The zero-order valence-corrected chi connectivity index (χ0v) is 18.0. The van der Waals surface area contributed by atoms with Gasteiger partial charge in [0.1, 0.15) is 11.6 Å². The Kier molecular flexibility index (Phi) is 5.99. The summed E-state index contributed by atoms with van der Waals surface area (Å²) in [5, 5.41) is 11.0. The molecule has 1 amide bonds. The number of imidazole rings is 1. The van der Waals surface area contributed by atoms with Crippen molar-refractivity contribution in [3.8, 4) is 0 Å². The molecule has 1 fully saturated rings. The van der Waals surface area contributed by atoms with Gasteiger partial charge < -0.3 is 14.6 Å². The number of aryl methyl sites for hydroxylation is 1. The molecule has 6 nitrogen and oxygen atoms in total. The molecule has 0 unspecified atom stereocenters. The predicted molar refractivity (Wildman–Crippen MR) is 116 cm³/mol. The van der Waals surface area contributed by atoms with E-state index in [4.69, 9.17) is 0 Å². The van der Waals surface area contributed by atoms with Crippen LogP contribution in [0.3, 0.4) is 0 Å². The third kappa shape index (κ3) is 4.29. The molecule has 4 rings (SSSR count). The number of carbonyl (C=O) groups is 2. The van der Waals surface area contributed by atoms with Gasteiger partial charge in [-0.2, -0.15) is 0 Å². The smallest absolute Gasteiger partial charge is 0.295 e. The highest BCUT2D eigenvalue weighted by Crippen LogP contribution is 2.39. The summed E-state index contributed by atoms with van der Waals surface area (Å²) in [7, 11) is 0. The van der Waals surface area contributed by atoms with E-state index in [0.717, 1.165) is 4.47 Å². The monoisotopic (exact) mass is 483 g/mol. The maximum atomic E-state index is 14.0. The van der Waals surface area contributed by atoms with Crippen molar-refractivity contribution in [3.05, 3.63) is 94.2 Å². The number of Topliss-reactive ketones (excluding diaryl/α,β-unsaturated/α-hetero) is 1. The predicted octanol–water partition coefficient (Wildman–Crippen LogP) is 4.30. The molecule has 2 aromatic carbocycles. The molecule has 2 heterocycles. The van der Waals surface area contributed by atoms with E-state index in [2.05, 4.69) is 20.9 Å². The highest BCUT2D eigenvalue weighted by Gasteiger charge is 2.45. The summed E-state index contributed by atoms with van der Waals surface area (Å²) in [6.45, 7) is 0.868. The average Bonchev–Trinajstić information content (AvgIpc) is 3.36. The first kappa shape index (κ1) is 21.0. The van der Waals surface area contributed by atoms with Gasteiger partial charge in [0, 0.05) is 35.5 Å². The van der Waals surface area contributed by atoms with E-state index in [0.29, 0.717) is 24.1 Å². The van der Waals surface area contributed by atoms with E-state index < -0.39 is 23.5 Å². The van der Waals surface area contributed by atoms with Crippen LogP contribution >= 0.6 is 15.9 Å². The second kappa shape index (κ2) is 8.85. The third-order valence-corrected chi connectivity index (χ3v) is 5.73. The number of amides is 1. The second-order valence-corrected chi connectivity index (χ2v) is 8.12. The Balaban J connectivity index is 1.73. The molecule has 31 heavy (non-hydrogen) atoms. The van der Waals surface area contributed by atoms with Gasteiger partial charge in [-0.05, 0) is 36.2 Å². The number of benzene rings is 2. The van der Waals surface area contributed by atoms with Crippen molar-refractivity contribution < 1.29 is 19.1 Å². The highest BCUT2D eigenvalue weighted by molar-refractivity contribution is 9.10. The Bertz CT molecular complexity index is 1140. The molecule has 1 saturated heterocycles. The maximum absolute atomic E-state index is 14.0. The zero-order valence-electron chi connectivity index (χ0n) is 16.4. The Morgan fingerprint density at radius 3 is 2.58 bits per heavy atom.